The molecule has 4 fully saturated rings. The van der Waals surface area contributed by atoms with Gasteiger partial charge in [0, 0.05) is 0 Å². The molecule has 0 aromatic rings. The van der Waals surface area contributed by atoms with E-state index in [1.807, 2.05) is 6.92 Å². The third-order valence-electron chi connectivity index (χ3n) is 5.53. The van der Waals surface area contributed by atoms with Crippen molar-refractivity contribution in [3.05, 3.63) is 0 Å². The lowest BCUT2D eigenvalue weighted by atomic mass is 9.54. The molecule has 0 spiro atoms. The summed E-state index contributed by atoms with van der Waals surface area (Å²) in [6.07, 6.45) is 8.61. The molecule has 4 bridgehead atoms. The van der Waals surface area contributed by atoms with Crippen molar-refractivity contribution < 1.29 is 9.53 Å². The Labute approximate surface area is 117 Å². The van der Waals surface area contributed by atoms with Crippen LogP contribution in [0.4, 0.5) is 0 Å². The van der Waals surface area contributed by atoms with Gasteiger partial charge < -0.3 is 4.74 Å². The van der Waals surface area contributed by atoms with E-state index in [4.69, 9.17) is 4.74 Å². The molecule has 108 valence electrons. The number of hydrogen-bond acceptors (Lipinski definition) is 2. The van der Waals surface area contributed by atoms with Crippen LogP contribution in [0.5, 0.6) is 0 Å². The quantitative estimate of drug-likeness (QED) is 0.712. The predicted octanol–water partition coefficient (Wildman–Crippen LogP) is 4.18. The van der Waals surface area contributed by atoms with Gasteiger partial charge in [-0.2, -0.15) is 0 Å². The lowest BCUT2D eigenvalue weighted by Crippen LogP contribution is -2.53. The van der Waals surface area contributed by atoms with E-state index in [1.165, 1.54) is 19.3 Å². The average molecular weight is 264 g/mol. The van der Waals surface area contributed by atoms with Crippen LogP contribution in [0.25, 0.3) is 0 Å². The third kappa shape index (κ3) is 2.68. The fourth-order valence-electron chi connectivity index (χ4n) is 5.27. The summed E-state index contributed by atoms with van der Waals surface area (Å²) in [5.74, 6) is 3.24. The molecule has 0 aliphatic heterocycles. The topological polar surface area (TPSA) is 26.3 Å². The summed E-state index contributed by atoms with van der Waals surface area (Å²) in [5.41, 5.74) is -0.0585. The highest BCUT2D eigenvalue weighted by Crippen LogP contribution is 2.57. The summed E-state index contributed by atoms with van der Waals surface area (Å²) in [6, 6.07) is 0. The highest BCUT2D eigenvalue weighted by atomic mass is 16.6. The van der Waals surface area contributed by atoms with Crippen LogP contribution in [0.1, 0.15) is 65.7 Å². The number of esters is 1. The van der Waals surface area contributed by atoms with Gasteiger partial charge in [0.1, 0.15) is 5.60 Å². The zero-order valence-corrected chi connectivity index (χ0v) is 12.7. The van der Waals surface area contributed by atoms with E-state index in [1.54, 1.807) is 0 Å². The Morgan fingerprint density at radius 2 is 1.53 bits per heavy atom. The van der Waals surface area contributed by atoms with Gasteiger partial charge in [-0.3, -0.25) is 4.79 Å². The minimum absolute atomic E-state index is 0.0585. The van der Waals surface area contributed by atoms with Crippen molar-refractivity contribution in [2.75, 3.05) is 0 Å². The van der Waals surface area contributed by atoms with Crippen LogP contribution in [0.3, 0.4) is 0 Å². The molecule has 4 aliphatic rings. The van der Waals surface area contributed by atoms with Crippen LogP contribution in [0.2, 0.25) is 0 Å². The second-order valence-corrected chi connectivity index (χ2v) is 8.05. The minimum atomic E-state index is -0.0585. The molecule has 0 aromatic carbocycles. The standard InChI is InChI=1S/C17H28O2/c1-11(2)4-12(3)16(18)19-17-8-13-5-14(9-17)7-15(6-13)10-17/h11-15H,4-10H2,1-3H3. The Balaban J connectivity index is 1.64. The molecule has 2 nitrogen and oxygen atoms in total. The van der Waals surface area contributed by atoms with E-state index in [-0.39, 0.29) is 17.5 Å². The largest absolute Gasteiger partial charge is 0.459 e. The van der Waals surface area contributed by atoms with E-state index in [0.29, 0.717) is 5.92 Å². The maximum absolute atomic E-state index is 12.3. The van der Waals surface area contributed by atoms with Gasteiger partial charge in [0.15, 0.2) is 0 Å². The van der Waals surface area contributed by atoms with Crippen molar-refractivity contribution in [2.45, 2.75) is 71.3 Å². The molecule has 0 amide bonds. The Kier molecular flexibility index (Phi) is 3.39. The zero-order chi connectivity index (χ0) is 13.6. The molecular weight excluding hydrogens is 236 g/mol. The summed E-state index contributed by atoms with van der Waals surface area (Å²) < 4.78 is 6.07. The summed E-state index contributed by atoms with van der Waals surface area (Å²) in [4.78, 5) is 12.3. The van der Waals surface area contributed by atoms with Gasteiger partial charge in [0.05, 0.1) is 5.92 Å². The van der Waals surface area contributed by atoms with Crippen LogP contribution in [-0.4, -0.2) is 11.6 Å². The number of hydrogen-bond donors (Lipinski definition) is 0. The van der Waals surface area contributed by atoms with Gasteiger partial charge in [0.2, 0.25) is 0 Å². The zero-order valence-electron chi connectivity index (χ0n) is 12.7. The Morgan fingerprint density at radius 3 is 1.95 bits per heavy atom. The molecule has 0 radical (unpaired) electrons. The van der Waals surface area contributed by atoms with Gasteiger partial charge >= 0.3 is 5.97 Å². The van der Waals surface area contributed by atoms with E-state index < -0.39 is 0 Å². The number of carbonyl (C=O) groups excluding carboxylic acids is 1. The highest BCUT2D eigenvalue weighted by molar-refractivity contribution is 5.72. The van der Waals surface area contributed by atoms with Crippen LogP contribution < -0.4 is 0 Å². The van der Waals surface area contributed by atoms with Crippen molar-refractivity contribution in [1.29, 1.82) is 0 Å². The second kappa shape index (κ2) is 4.79. The van der Waals surface area contributed by atoms with Gasteiger partial charge in [-0.25, -0.2) is 0 Å². The molecule has 1 unspecified atom stereocenters. The van der Waals surface area contributed by atoms with Crippen molar-refractivity contribution in [1.82, 2.24) is 0 Å². The molecule has 0 N–H and O–H groups in total. The number of carbonyl (C=O) groups is 1. The lowest BCUT2D eigenvalue weighted by Gasteiger charge is -2.55. The highest BCUT2D eigenvalue weighted by Gasteiger charge is 2.53. The molecule has 0 heterocycles. The first-order chi connectivity index (χ1) is 8.96. The molecule has 4 rings (SSSR count). The Bertz CT molecular complexity index is 323. The molecule has 1 atom stereocenters. The summed E-state index contributed by atoms with van der Waals surface area (Å²) in [5, 5.41) is 0. The molecular formula is C17H28O2. The molecule has 4 aliphatic carbocycles. The van der Waals surface area contributed by atoms with Crippen LogP contribution in [0.15, 0.2) is 0 Å². The Hall–Kier alpha value is -0.530. The van der Waals surface area contributed by atoms with E-state index >= 15 is 0 Å². The van der Waals surface area contributed by atoms with Crippen molar-refractivity contribution >= 4 is 5.97 Å². The van der Waals surface area contributed by atoms with Crippen molar-refractivity contribution in [3.63, 3.8) is 0 Å². The first kappa shape index (κ1) is 13.5. The molecule has 19 heavy (non-hydrogen) atoms. The predicted molar refractivity (Wildman–Crippen MR) is 75.6 cm³/mol. The maximum Gasteiger partial charge on any atom is 0.309 e. The second-order valence-electron chi connectivity index (χ2n) is 8.05. The van der Waals surface area contributed by atoms with Gasteiger partial charge in [-0.05, 0) is 68.6 Å². The summed E-state index contributed by atoms with van der Waals surface area (Å²) in [6.45, 7) is 6.38. The van der Waals surface area contributed by atoms with Gasteiger partial charge in [-0.1, -0.05) is 20.8 Å². The van der Waals surface area contributed by atoms with E-state index in [2.05, 4.69) is 13.8 Å². The Morgan fingerprint density at radius 1 is 1.05 bits per heavy atom. The average Bonchev–Trinajstić information content (AvgIpc) is 2.24. The SMILES string of the molecule is CC(C)CC(C)C(=O)OC12CC3CC(CC(C3)C1)C2. The molecule has 2 heteroatoms. The molecule has 0 saturated heterocycles. The van der Waals surface area contributed by atoms with Gasteiger partial charge in [0.25, 0.3) is 0 Å². The van der Waals surface area contributed by atoms with Crippen LogP contribution in [-0.2, 0) is 9.53 Å². The monoisotopic (exact) mass is 264 g/mol. The smallest absolute Gasteiger partial charge is 0.309 e. The fourth-order valence-corrected chi connectivity index (χ4v) is 5.27. The van der Waals surface area contributed by atoms with Crippen LogP contribution >= 0.6 is 0 Å². The lowest BCUT2D eigenvalue weighted by molar-refractivity contribution is -0.190. The van der Waals surface area contributed by atoms with Gasteiger partial charge in [-0.15, -0.1) is 0 Å². The maximum atomic E-state index is 12.3. The first-order valence-corrected chi connectivity index (χ1v) is 8.18. The van der Waals surface area contributed by atoms with E-state index in [9.17, 15) is 4.79 Å². The first-order valence-electron chi connectivity index (χ1n) is 8.18. The van der Waals surface area contributed by atoms with E-state index in [0.717, 1.165) is 43.4 Å². The summed E-state index contributed by atoms with van der Waals surface area (Å²) >= 11 is 0. The number of rotatable bonds is 4. The van der Waals surface area contributed by atoms with Crippen LogP contribution in [0, 0.1) is 29.6 Å². The van der Waals surface area contributed by atoms with Crippen molar-refractivity contribution in [3.8, 4) is 0 Å². The normalized spacial score (nSPS) is 41.6. The fraction of sp³-hybridized carbons (Fsp3) is 0.941. The number of ether oxygens (including phenoxy) is 1. The molecule has 4 saturated carbocycles. The minimum Gasteiger partial charge on any atom is -0.459 e. The third-order valence-corrected chi connectivity index (χ3v) is 5.53. The molecule has 0 aromatic heterocycles. The van der Waals surface area contributed by atoms with Crippen molar-refractivity contribution in [2.24, 2.45) is 29.6 Å². The summed E-state index contributed by atoms with van der Waals surface area (Å²) in [7, 11) is 0.